The van der Waals surface area contributed by atoms with Crippen LogP contribution < -0.4 is 0 Å². The first-order valence-electron chi connectivity index (χ1n) is 7.24. The number of alkyl halides is 5. The molecule has 0 spiro atoms. The van der Waals surface area contributed by atoms with E-state index >= 15 is 0 Å². The van der Waals surface area contributed by atoms with Crippen LogP contribution in [0, 0.1) is 10.8 Å². The van der Waals surface area contributed by atoms with Gasteiger partial charge in [0.1, 0.15) is 0 Å². The summed E-state index contributed by atoms with van der Waals surface area (Å²) in [6.07, 6.45) is -1.05. The van der Waals surface area contributed by atoms with Crippen LogP contribution in [0.1, 0.15) is 60.8 Å². The molecule has 0 fully saturated rings. The van der Waals surface area contributed by atoms with Crippen molar-refractivity contribution in [3.63, 3.8) is 0 Å². The summed E-state index contributed by atoms with van der Waals surface area (Å²) in [5.41, 5.74) is -6.75. The van der Waals surface area contributed by atoms with E-state index in [1.54, 1.807) is 0 Å². The molecule has 6 heteroatoms. The molecule has 1 nitrogen and oxygen atoms in total. The van der Waals surface area contributed by atoms with E-state index in [1.165, 1.54) is 20.8 Å². The summed E-state index contributed by atoms with van der Waals surface area (Å²) in [6.45, 7) is 6.45. The highest BCUT2D eigenvalue weighted by atomic mass is 19.3. The third kappa shape index (κ3) is 2.92. The molecule has 128 valence electrons. The van der Waals surface area contributed by atoms with Gasteiger partial charge >= 0.3 is 11.8 Å². The molecule has 0 aromatic carbocycles. The minimum atomic E-state index is -4.80. The van der Waals surface area contributed by atoms with Gasteiger partial charge in [-0.05, 0) is 31.6 Å². The quantitative estimate of drug-likeness (QED) is 0.608. The van der Waals surface area contributed by atoms with E-state index in [0.29, 0.717) is 6.92 Å². The lowest BCUT2D eigenvalue weighted by Gasteiger charge is -2.52. The van der Waals surface area contributed by atoms with Gasteiger partial charge in [-0.1, -0.05) is 34.6 Å². The molecule has 21 heavy (non-hydrogen) atoms. The van der Waals surface area contributed by atoms with Gasteiger partial charge in [-0.15, -0.1) is 0 Å². The number of hydrogen-bond donors (Lipinski definition) is 1. The normalized spacial score (nSPS) is 20.0. The minimum Gasteiger partial charge on any atom is -0.396 e. The summed E-state index contributed by atoms with van der Waals surface area (Å²) in [4.78, 5) is 0. The van der Waals surface area contributed by atoms with Crippen LogP contribution in [0.4, 0.5) is 22.0 Å². The topological polar surface area (TPSA) is 20.2 Å². The maximum Gasteiger partial charge on any atom is 0.343 e. The van der Waals surface area contributed by atoms with Crippen LogP contribution in [0.25, 0.3) is 0 Å². The van der Waals surface area contributed by atoms with E-state index < -0.39 is 41.4 Å². The average Bonchev–Trinajstić information content (AvgIpc) is 2.36. The molecule has 2 atom stereocenters. The number of hydrogen-bond acceptors (Lipinski definition) is 1. The predicted octanol–water partition coefficient (Wildman–Crippen LogP) is 5.22. The summed E-state index contributed by atoms with van der Waals surface area (Å²) < 4.78 is 71.9. The Morgan fingerprint density at radius 1 is 0.762 bits per heavy atom. The van der Waals surface area contributed by atoms with Crippen molar-refractivity contribution in [3.8, 4) is 0 Å². The van der Waals surface area contributed by atoms with E-state index in [0.717, 1.165) is 13.8 Å². The van der Waals surface area contributed by atoms with Gasteiger partial charge in [-0.25, -0.2) is 4.39 Å². The molecular formula is C15H27F5O. The fraction of sp³-hybridized carbons (Fsp3) is 1.00. The van der Waals surface area contributed by atoms with E-state index in [2.05, 4.69) is 0 Å². The second kappa shape index (κ2) is 6.01. The SMILES string of the molecule is CCC(C)(F)C(F)(F)C(F)(F)C(C)(CC)C(C)(C)CCO. The lowest BCUT2D eigenvalue weighted by molar-refractivity contribution is -0.328. The Labute approximate surface area is 123 Å². The monoisotopic (exact) mass is 318 g/mol. The van der Waals surface area contributed by atoms with E-state index in [9.17, 15) is 22.0 Å². The van der Waals surface area contributed by atoms with E-state index in [-0.39, 0.29) is 12.8 Å². The predicted molar refractivity (Wildman–Crippen MR) is 73.6 cm³/mol. The Morgan fingerprint density at radius 3 is 1.48 bits per heavy atom. The molecule has 2 unspecified atom stereocenters. The molecule has 0 aromatic heterocycles. The average molecular weight is 318 g/mol. The molecule has 0 aliphatic heterocycles. The molecular weight excluding hydrogens is 291 g/mol. The van der Waals surface area contributed by atoms with E-state index in [1.807, 2.05) is 0 Å². The highest BCUT2D eigenvalue weighted by molar-refractivity contribution is 5.10. The van der Waals surface area contributed by atoms with Crippen molar-refractivity contribution in [2.75, 3.05) is 6.61 Å². The smallest absolute Gasteiger partial charge is 0.343 e. The Morgan fingerprint density at radius 2 is 1.19 bits per heavy atom. The standard InChI is InChI=1S/C15H27F5O/c1-7-12(5,11(3,4)9-10-21)14(17,18)15(19,20)13(6,16)8-2/h21H,7-10H2,1-6H3. The first-order chi connectivity index (χ1) is 9.18. The molecule has 0 rings (SSSR count). The van der Waals surface area contributed by atoms with Crippen LogP contribution in [0.2, 0.25) is 0 Å². The first kappa shape index (κ1) is 20.6. The number of rotatable bonds is 8. The van der Waals surface area contributed by atoms with Gasteiger partial charge in [-0.2, -0.15) is 17.6 Å². The van der Waals surface area contributed by atoms with Crippen molar-refractivity contribution in [2.45, 2.75) is 78.3 Å². The molecule has 0 amide bonds. The summed E-state index contributed by atoms with van der Waals surface area (Å²) in [5.74, 6) is -9.35. The van der Waals surface area contributed by atoms with Gasteiger partial charge in [0.15, 0.2) is 5.67 Å². The Bertz CT molecular complexity index is 352. The summed E-state index contributed by atoms with van der Waals surface area (Å²) in [5, 5.41) is 9.03. The van der Waals surface area contributed by atoms with Crippen molar-refractivity contribution < 1.29 is 27.1 Å². The fourth-order valence-electron chi connectivity index (χ4n) is 2.58. The van der Waals surface area contributed by atoms with Gasteiger partial charge in [0.05, 0.1) is 0 Å². The van der Waals surface area contributed by atoms with Crippen molar-refractivity contribution in [3.05, 3.63) is 0 Å². The fourth-order valence-corrected chi connectivity index (χ4v) is 2.58. The van der Waals surface area contributed by atoms with Crippen molar-refractivity contribution >= 4 is 0 Å². The third-order valence-electron chi connectivity index (χ3n) is 5.34. The van der Waals surface area contributed by atoms with Crippen molar-refractivity contribution in [1.29, 1.82) is 0 Å². The van der Waals surface area contributed by atoms with Crippen LogP contribution in [0.3, 0.4) is 0 Å². The van der Waals surface area contributed by atoms with Crippen LogP contribution in [0.5, 0.6) is 0 Å². The molecule has 0 aliphatic carbocycles. The highest BCUT2D eigenvalue weighted by Crippen LogP contribution is 2.61. The maximum atomic E-state index is 14.7. The molecule has 0 aliphatic rings. The Balaban J connectivity index is 6.05. The first-order valence-corrected chi connectivity index (χ1v) is 7.24. The van der Waals surface area contributed by atoms with Crippen molar-refractivity contribution in [2.24, 2.45) is 10.8 Å². The zero-order chi connectivity index (χ0) is 17.3. The summed E-state index contributed by atoms with van der Waals surface area (Å²) in [6, 6.07) is 0. The Kier molecular flexibility index (Phi) is 5.90. The largest absolute Gasteiger partial charge is 0.396 e. The molecule has 0 radical (unpaired) electrons. The number of halogens is 5. The van der Waals surface area contributed by atoms with Gasteiger partial charge in [0.2, 0.25) is 0 Å². The molecule has 0 saturated carbocycles. The highest BCUT2D eigenvalue weighted by Gasteiger charge is 2.75. The molecule has 0 bridgehead atoms. The van der Waals surface area contributed by atoms with Crippen LogP contribution in [-0.2, 0) is 0 Å². The molecule has 0 heterocycles. The minimum absolute atomic E-state index is 0.0713. The number of aliphatic hydroxyl groups excluding tert-OH is 1. The summed E-state index contributed by atoms with van der Waals surface area (Å²) >= 11 is 0. The van der Waals surface area contributed by atoms with E-state index in [4.69, 9.17) is 5.11 Å². The second-order valence-electron chi connectivity index (χ2n) is 6.74. The lowest BCUT2D eigenvalue weighted by Crippen LogP contribution is -2.64. The van der Waals surface area contributed by atoms with Gasteiger partial charge in [0, 0.05) is 12.0 Å². The van der Waals surface area contributed by atoms with Crippen molar-refractivity contribution in [1.82, 2.24) is 0 Å². The van der Waals surface area contributed by atoms with Gasteiger partial charge < -0.3 is 5.11 Å². The maximum absolute atomic E-state index is 14.7. The van der Waals surface area contributed by atoms with Gasteiger partial charge in [0.25, 0.3) is 0 Å². The van der Waals surface area contributed by atoms with Gasteiger partial charge in [-0.3, -0.25) is 0 Å². The van der Waals surface area contributed by atoms with Crippen LogP contribution >= 0.6 is 0 Å². The lowest BCUT2D eigenvalue weighted by atomic mass is 9.58. The zero-order valence-electron chi connectivity index (χ0n) is 13.7. The Hall–Kier alpha value is -0.390. The second-order valence-corrected chi connectivity index (χ2v) is 6.74. The third-order valence-corrected chi connectivity index (χ3v) is 5.34. The van der Waals surface area contributed by atoms with Crippen LogP contribution in [0.15, 0.2) is 0 Å². The van der Waals surface area contributed by atoms with Crippen LogP contribution in [-0.4, -0.2) is 29.2 Å². The molecule has 1 N–H and O–H groups in total. The molecule has 0 saturated heterocycles. The number of aliphatic hydroxyl groups is 1. The molecule has 0 aromatic rings. The zero-order valence-corrected chi connectivity index (χ0v) is 13.7. The summed E-state index contributed by atoms with van der Waals surface area (Å²) in [7, 11) is 0.